The Hall–Kier alpha value is -3.98. The van der Waals surface area contributed by atoms with Gasteiger partial charge in [0.05, 0.1) is 22.9 Å². The predicted molar refractivity (Wildman–Crippen MR) is 142 cm³/mol. The zero-order chi connectivity index (χ0) is 26.2. The Balaban J connectivity index is 1.53. The molecule has 2 aliphatic heterocycles. The summed E-state index contributed by atoms with van der Waals surface area (Å²) in [6, 6.07) is 12.0. The van der Waals surface area contributed by atoms with E-state index in [0.29, 0.717) is 17.0 Å². The Morgan fingerprint density at radius 2 is 1.81 bits per heavy atom. The fraction of sp³-hybridized carbons (Fsp3) is 0.286. The normalized spacial score (nSPS) is 17.3. The summed E-state index contributed by atoms with van der Waals surface area (Å²) in [5.74, 6) is 0.588. The Morgan fingerprint density at radius 1 is 1.08 bits per heavy atom. The Bertz CT molecular complexity index is 1750. The monoisotopic (exact) mass is 514 g/mol. The summed E-state index contributed by atoms with van der Waals surface area (Å²) in [6.07, 6.45) is 1.99. The minimum absolute atomic E-state index is 0.0796. The van der Waals surface area contributed by atoms with Crippen molar-refractivity contribution in [2.24, 2.45) is 0 Å². The molecule has 0 spiro atoms. The van der Waals surface area contributed by atoms with Crippen molar-refractivity contribution in [3.8, 4) is 22.7 Å². The quantitative estimate of drug-likeness (QED) is 0.298. The molecule has 0 aliphatic carbocycles. The molecule has 2 aromatic carbocycles. The molecule has 2 aliphatic rings. The molecule has 0 amide bonds. The molecule has 1 unspecified atom stereocenters. The van der Waals surface area contributed by atoms with E-state index in [4.69, 9.17) is 4.74 Å². The van der Waals surface area contributed by atoms with Crippen LogP contribution in [0.4, 0.5) is 0 Å². The van der Waals surface area contributed by atoms with Crippen LogP contribution in [0.1, 0.15) is 52.6 Å². The zero-order valence-corrected chi connectivity index (χ0v) is 22.0. The summed E-state index contributed by atoms with van der Waals surface area (Å²) in [7, 11) is 0. The molecule has 0 saturated carbocycles. The van der Waals surface area contributed by atoms with Gasteiger partial charge in [0, 0.05) is 21.6 Å². The fourth-order valence-electron chi connectivity index (χ4n) is 5.41. The maximum absolute atomic E-state index is 13.8. The van der Waals surface area contributed by atoms with E-state index in [0.717, 1.165) is 32.3 Å². The van der Waals surface area contributed by atoms with Crippen molar-refractivity contribution in [2.75, 3.05) is 0 Å². The summed E-state index contributed by atoms with van der Waals surface area (Å²) in [4.78, 5) is 44.8. The molecule has 0 fully saturated rings. The summed E-state index contributed by atoms with van der Waals surface area (Å²) in [5.41, 5.74) is 3.02. The van der Waals surface area contributed by atoms with E-state index in [9.17, 15) is 14.4 Å². The van der Waals surface area contributed by atoms with Crippen molar-refractivity contribution in [2.45, 2.75) is 52.8 Å². The van der Waals surface area contributed by atoms with Gasteiger partial charge in [-0.3, -0.25) is 4.79 Å². The van der Waals surface area contributed by atoms with Crippen LogP contribution in [0, 0.1) is 13.8 Å². The number of hydrogen-bond donors (Lipinski definition) is 0. The molecule has 4 aromatic rings. The lowest BCUT2D eigenvalue weighted by molar-refractivity contribution is 0.101. The average Bonchev–Trinajstić information content (AvgIpc) is 3.33. The lowest BCUT2D eigenvalue weighted by Crippen LogP contribution is -2.46. The van der Waals surface area contributed by atoms with Crippen LogP contribution < -0.4 is 16.1 Å². The Labute approximate surface area is 217 Å². The fourth-order valence-corrected chi connectivity index (χ4v) is 6.25. The van der Waals surface area contributed by atoms with Crippen LogP contribution in [0.2, 0.25) is 0 Å². The molecule has 6 rings (SSSR count). The van der Waals surface area contributed by atoms with Gasteiger partial charge in [0.2, 0.25) is 0 Å². The number of Topliss-reactive ketones (excluding diaryl/α,β-unsaturated/α-hetero) is 1. The third-order valence-electron chi connectivity index (χ3n) is 7.16. The Morgan fingerprint density at radius 3 is 2.46 bits per heavy atom. The first-order chi connectivity index (χ1) is 17.6. The van der Waals surface area contributed by atoms with E-state index in [2.05, 4.69) is 11.9 Å². The second kappa shape index (κ2) is 8.01. The van der Waals surface area contributed by atoms with Crippen LogP contribution in [-0.2, 0) is 6.54 Å². The zero-order valence-electron chi connectivity index (χ0n) is 21.2. The molecular weight excluding hydrogens is 488 g/mol. The third kappa shape index (κ3) is 3.48. The summed E-state index contributed by atoms with van der Waals surface area (Å²) in [5, 5.41) is 0.997. The summed E-state index contributed by atoms with van der Waals surface area (Å²) >= 11 is 1.65. The van der Waals surface area contributed by atoms with Crippen LogP contribution in [0.25, 0.3) is 16.9 Å². The number of nitrogens with zero attached hydrogens (tertiary/aromatic N) is 4. The molecule has 2 aromatic heterocycles. The van der Waals surface area contributed by atoms with Crippen molar-refractivity contribution in [3.63, 3.8) is 0 Å². The molecule has 8 nitrogen and oxygen atoms in total. The minimum atomic E-state index is -0.685. The number of rotatable bonds is 3. The standard InChI is InChI=1S/C28H26N4O4S/c1-15(33)18-6-9-20(10-7-18)31-26(34)30-13-12-22-25(32(30)27(31)35)21-11-8-19(14-23(21)36-28(22,4)5)24-16(2)37-17(3)29-24/h6-12,14,25H,13H2,1-5H3. The molecule has 0 bridgehead atoms. The highest BCUT2D eigenvalue weighted by Crippen LogP contribution is 2.47. The lowest BCUT2D eigenvalue weighted by Gasteiger charge is -2.42. The smallest absolute Gasteiger partial charge is 0.352 e. The molecule has 0 saturated heterocycles. The summed E-state index contributed by atoms with van der Waals surface area (Å²) < 4.78 is 10.7. The first-order valence-electron chi connectivity index (χ1n) is 12.1. The van der Waals surface area contributed by atoms with Gasteiger partial charge in [0.25, 0.3) is 0 Å². The number of allylic oxidation sites excluding steroid dienone is 1. The number of ketones is 1. The molecule has 4 heterocycles. The topological polar surface area (TPSA) is 88.1 Å². The highest BCUT2D eigenvalue weighted by molar-refractivity contribution is 7.11. The molecule has 1 atom stereocenters. The number of fused-ring (bicyclic) bond motifs is 5. The van der Waals surface area contributed by atoms with E-state index < -0.39 is 23.0 Å². The first kappa shape index (κ1) is 23.4. The lowest BCUT2D eigenvalue weighted by atomic mass is 9.82. The van der Waals surface area contributed by atoms with Gasteiger partial charge in [-0.1, -0.05) is 18.2 Å². The van der Waals surface area contributed by atoms with Crippen molar-refractivity contribution in [1.82, 2.24) is 18.9 Å². The van der Waals surface area contributed by atoms with Crippen LogP contribution >= 0.6 is 11.3 Å². The van der Waals surface area contributed by atoms with Crippen molar-refractivity contribution in [1.29, 1.82) is 0 Å². The maximum Gasteiger partial charge on any atom is 0.352 e. The predicted octanol–water partition coefficient (Wildman–Crippen LogP) is 4.44. The van der Waals surface area contributed by atoms with Crippen molar-refractivity contribution < 1.29 is 9.53 Å². The minimum Gasteiger partial charge on any atom is -0.483 e. The van der Waals surface area contributed by atoms with Crippen LogP contribution in [-0.4, -0.2) is 30.3 Å². The van der Waals surface area contributed by atoms with Gasteiger partial charge >= 0.3 is 11.4 Å². The van der Waals surface area contributed by atoms with Gasteiger partial charge in [0.15, 0.2) is 5.78 Å². The van der Waals surface area contributed by atoms with Gasteiger partial charge in [0.1, 0.15) is 17.4 Å². The first-order valence-corrected chi connectivity index (χ1v) is 12.9. The number of hydrogen-bond acceptors (Lipinski definition) is 6. The number of thiazole rings is 1. The highest BCUT2D eigenvalue weighted by atomic mass is 32.1. The second-order valence-corrected chi connectivity index (χ2v) is 11.4. The van der Waals surface area contributed by atoms with Crippen LogP contribution in [0.5, 0.6) is 5.75 Å². The molecule has 188 valence electrons. The second-order valence-electron chi connectivity index (χ2n) is 9.99. The van der Waals surface area contributed by atoms with Gasteiger partial charge in [-0.25, -0.2) is 28.5 Å². The Kier molecular flexibility index (Phi) is 5.07. The summed E-state index contributed by atoms with van der Waals surface area (Å²) in [6.45, 7) is 9.74. The van der Waals surface area contributed by atoms with Crippen LogP contribution in [0.15, 0.2) is 63.7 Å². The van der Waals surface area contributed by atoms with Crippen LogP contribution in [0.3, 0.4) is 0 Å². The average molecular weight is 515 g/mol. The number of carbonyl (C=O) groups excluding carboxylic acids is 1. The SMILES string of the molecule is CC(=O)c1ccc(-n2c(=O)n3n(c2=O)C2C(=CC3)C(C)(C)Oc3cc(-c4nc(C)sc4C)ccc32)cc1. The van der Waals surface area contributed by atoms with Gasteiger partial charge in [-0.2, -0.15) is 0 Å². The maximum atomic E-state index is 13.8. The van der Waals surface area contributed by atoms with E-state index in [1.54, 1.807) is 35.6 Å². The van der Waals surface area contributed by atoms with E-state index in [-0.39, 0.29) is 12.3 Å². The number of benzene rings is 2. The van der Waals surface area contributed by atoms with Crippen molar-refractivity contribution >= 4 is 17.1 Å². The third-order valence-corrected chi connectivity index (χ3v) is 8.05. The van der Waals surface area contributed by atoms with E-state index in [1.165, 1.54) is 20.9 Å². The number of ether oxygens (including phenoxy) is 1. The molecule has 0 N–H and O–H groups in total. The van der Waals surface area contributed by atoms with E-state index in [1.807, 2.05) is 45.0 Å². The molecular formula is C28H26N4O4S. The van der Waals surface area contributed by atoms with Gasteiger partial charge in [-0.15, -0.1) is 11.3 Å². The van der Waals surface area contributed by atoms with Gasteiger partial charge in [-0.05, 0) is 70.5 Å². The van der Waals surface area contributed by atoms with E-state index >= 15 is 0 Å². The highest BCUT2D eigenvalue weighted by Gasteiger charge is 2.44. The molecule has 9 heteroatoms. The number of aromatic nitrogens is 4. The van der Waals surface area contributed by atoms with Crippen molar-refractivity contribution in [3.05, 3.63) is 96.1 Å². The molecule has 0 radical (unpaired) electrons. The molecule has 37 heavy (non-hydrogen) atoms. The number of aryl methyl sites for hydroxylation is 2. The van der Waals surface area contributed by atoms with Gasteiger partial charge < -0.3 is 4.74 Å². The number of carbonyl (C=O) groups is 1. The largest absolute Gasteiger partial charge is 0.483 e.